The molecule has 2 rings (SSSR count). The normalized spacial score (nSPS) is 45.6. The van der Waals surface area contributed by atoms with E-state index in [1.54, 1.807) is 0 Å². The molecule has 0 bridgehead atoms. The summed E-state index contributed by atoms with van der Waals surface area (Å²) in [7, 11) is 0. The highest BCUT2D eigenvalue weighted by atomic mass is 16.3. The first-order valence-corrected chi connectivity index (χ1v) is 4.16. The van der Waals surface area contributed by atoms with Crippen molar-refractivity contribution in [3.8, 4) is 0 Å². The lowest BCUT2D eigenvalue weighted by molar-refractivity contribution is 0.204. The Kier molecular flexibility index (Phi) is 1.46. The van der Waals surface area contributed by atoms with Gasteiger partial charge in [-0.15, -0.1) is 0 Å². The van der Waals surface area contributed by atoms with Crippen molar-refractivity contribution in [2.24, 2.45) is 17.8 Å². The first kappa shape index (κ1) is 6.62. The van der Waals surface area contributed by atoms with E-state index in [-0.39, 0.29) is 0 Å². The molecule has 1 aliphatic heterocycles. The van der Waals surface area contributed by atoms with Crippen LogP contribution in [0.15, 0.2) is 0 Å². The van der Waals surface area contributed by atoms with E-state index in [9.17, 15) is 0 Å². The summed E-state index contributed by atoms with van der Waals surface area (Å²) >= 11 is 0. The minimum Gasteiger partial charge on any atom is -0.395 e. The molecule has 0 radical (unpaired) electrons. The van der Waals surface area contributed by atoms with Crippen molar-refractivity contribution in [2.45, 2.75) is 6.92 Å². The fraction of sp³-hybridized carbons (Fsp3) is 1.00. The molecule has 10 heavy (non-hydrogen) atoms. The number of β-amino-alcohol motifs (C(OH)–C–C–N with tert-alkyl or cyclic N) is 1. The first-order chi connectivity index (χ1) is 4.83. The van der Waals surface area contributed by atoms with Crippen molar-refractivity contribution >= 4 is 0 Å². The molecular weight excluding hydrogens is 126 g/mol. The van der Waals surface area contributed by atoms with E-state index in [0.717, 1.165) is 24.3 Å². The molecule has 1 unspecified atom stereocenters. The summed E-state index contributed by atoms with van der Waals surface area (Å²) in [5, 5.41) is 8.65. The zero-order chi connectivity index (χ0) is 7.14. The fourth-order valence-corrected chi connectivity index (χ4v) is 2.23. The molecule has 1 aliphatic carbocycles. The van der Waals surface area contributed by atoms with Gasteiger partial charge in [-0.2, -0.15) is 0 Å². The maximum Gasteiger partial charge on any atom is 0.0558 e. The Labute approximate surface area is 61.8 Å². The number of aliphatic hydroxyl groups excluding tert-OH is 1. The van der Waals surface area contributed by atoms with E-state index in [0.29, 0.717) is 6.61 Å². The summed E-state index contributed by atoms with van der Waals surface area (Å²) in [4.78, 5) is 2.37. The van der Waals surface area contributed by atoms with E-state index in [1.807, 2.05) is 0 Å². The molecule has 0 amide bonds. The standard InChI is InChI=1S/C8H15NO/c1-6-7-4-9(2-3-10)5-8(6)7/h6-8,10H,2-5H2,1H3/t6?,7-,8+. The Morgan fingerprint density at radius 3 is 2.50 bits per heavy atom. The van der Waals surface area contributed by atoms with Gasteiger partial charge in [0, 0.05) is 19.6 Å². The van der Waals surface area contributed by atoms with Gasteiger partial charge in [0.1, 0.15) is 0 Å². The monoisotopic (exact) mass is 141 g/mol. The second kappa shape index (κ2) is 2.21. The summed E-state index contributed by atoms with van der Waals surface area (Å²) in [5.74, 6) is 2.94. The van der Waals surface area contributed by atoms with Crippen LogP contribution in [0, 0.1) is 17.8 Å². The van der Waals surface area contributed by atoms with E-state index in [2.05, 4.69) is 11.8 Å². The number of aliphatic hydroxyl groups is 1. The molecule has 1 saturated carbocycles. The van der Waals surface area contributed by atoms with Gasteiger partial charge in [-0.05, 0) is 17.8 Å². The highest BCUT2D eigenvalue weighted by Crippen LogP contribution is 2.50. The Morgan fingerprint density at radius 1 is 1.40 bits per heavy atom. The molecule has 0 aromatic carbocycles. The molecule has 2 heteroatoms. The molecule has 1 heterocycles. The molecule has 3 atom stereocenters. The van der Waals surface area contributed by atoms with Crippen molar-refractivity contribution in [3.05, 3.63) is 0 Å². The topological polar surface area (TPSA) is 23.5 Å². The molecule has 58 valence electrons. The van der Waals surface area contributed by atoms with Crippen molar-refractivity contribution in [1.29, 1.82) is 0 Å². The number of piperidine rings is 1. The van der Waals surface area contributed by atoms with Gasteiger partial charge in [0.15, 0.2) is 0 Å². The second-order valence-corrected chi connectivity index (χ2v) is 3.67. The lowest BCUT2D eigenvalue weighted by atomic mass is 10.3. The lowest BCUT2D eigenvalue weighted by Crippen LogP contribution is -2.27. The van der Waals surface area contributed by atoms with Crippen molar-refractivity contribution in [1.82, 2.24) is 4.90 Å². The van der Waals surface area contributed by atoms with Crippen molar-refractivity contribution < 1.29 is 5.11 Å². The zero-order valence-corrected chi connectivity index (χ0v) is 6.45. The SMILES string of the molecule is CC1[C@H]2CN(CCO)C[C@@H]12. The Morgan fingerprint density at radius 2 is 2.00 bits per heavy atom. The van der Waals surface area contributed by atoms with Gasteiger partial charge in [0.2, 0.25) is 0 Å². The predicted molar refractivity (Wildman–Crippen MR) is 39.7 cm³/mol. The largest absolute Gasteiger partial charge is 0.395 e. The minimum absolute atomic E-state index is 0.327. The molecule has 1 N–H and O–H groups in total. The molecule has 2 aliphatic rings. The summed E-state index contributed by atoms with van der Waals surface area (Å²) in [6.07, 6.45) is 0. The van der Waals surface area contributed by atoms with Crippen LogP contribution in [0.2, 0.25) is 0 Å². The van der Waals surface area contributed by atoms with Gasteiger partial charge >= 0.3 is 0 Å². The second-order valence-electron chi connectivity index (χ2n) is 3.67. The summed E-state index contributed by atoms with van der Waals surface area (Å²) in [5.41, 5.74) is 0. The van der Waals surface area contributed by atoms with Gasteiger partial charge in [-0.25, -0.2) is 0 Å². The molecule has 0 aromatic heterocycles. The van der Waals surface area contributed by atoms with Gasteiger partial charge in [-0.1, -0.05) is 6.92 Å². The number of hydrogen-bond donors (Lipinski definition) is 1. The van der Waals surface area contributed by atoms with Crippen LogP contribution >= 0.6 is 0 Å². The van der Waals surface area contributed by atoms with Crippen LogP contribution in [0.1, 0.15) is 6.92 Å². The Balaban J connectivity index is 1.79. The minimum atomic E-state index is 0.327. The van der Waals surface area contributed by atoms with Crippen LogP contribution in [0.25, 0.3) is 0 Å². The van der Waals surface area contributed by atoms with Crippen LogP contribution in [-0.2, 0) is 0 Å². The predicted octanol–water partition coefficient (Wildman–Crippen LogP) is 0.176. The average Bonchev–Trinajstić information content (AvgIpc) is 2.44. The Bertz CT molecular complexity index is 125. The van der Waals surface area contributed by atoms with Gasteiger partial charge in [-0.3, -0.25) is 0 Å². The van der Waals surface area contributed by atoms with E-state index in [1.165, 1.54) is 13.1 Å². The van der Waals surface area contributed by atoms with E-state index >= 15 is 0 Å². The molecule has 0 aromatic rings. The smallest absolute Gasteiger partial charge is 0.0558 e. The van der Waals surface area contributed by atoms with Gasteiger partial charge in [0.05, 0.1) is 6.61 Å². The average molecular weight is 141 g/mol. The maximum absolute atomic E-state index is 8.65. The van der Waals surface area contributed by atoms with Crippen molar-refractivity contribution in [2.75, 3.05) is 26.2 Å². The summed E-state index contributed by atoms with van der Waals surface area (Å²) in [6, 6.07) is 0. The van der Waals surface area contributed by atoms with Gasteiger partial charge < -0.3 is 10.0 Å². The zero-order valence-electron chi connectivity index (χ0n) is 6.45. The molecule has 2 fully saturated rings. The third-order valence-electron chi connectivity index (χ3n) is 3.11. The van der Waals surface area contributed by atoms with E-state index < -0.39 is 0 Å². The first-order valence-electron chi connectivity index (χ1n) is 4.16. The lowest BCUT2D eigenvalue weighted by Gasteiger charge is -2.16. The van der Waals surface area contributed by atoms with Gasteiger partial charge in [0.25, 0.3) is 0 Å². The van der Waals surface area contributed by atoms with Crippen molar-refractivity contribution in [3.63, 3.8) is 0 Å². The number of likely N-dealkylation sites (tertiary alicyclic amines) is 1. The van der Waals surface area contributed by atoms with Crippen LogP contribution in [0.3, 0.4) is 0 Å². The van der Waals surface area contributed by atoms with Crippen LogP contribution in [0.5, 0.6) is 0 Å². The third kappa shape index (κ3) is 0.867. The Hall–Kier alpha value is -0.0800. The van der Waals surface area contributed by atoms with Crippen LogP contribution in [0.4, 0.5) is 0 Å². The number of rotatable bonds is 2. The van der Waals surface area contributed by atoms with Crippen LogP contribution in [-0.4, -0.2) is 36.2 Å². The molecular formula is C8H15NO. The number of hydrogen-bond acceptors (Lipinski definition) is 2. The summed E-state index contributed by atoms with van der Waals surface area (Å²) in [6.45, 7) is 6.04. The van der Waals surface area contributed by atoms with E-state index in [4.69, 9.17) is 5.11 Å². The highest BCUT2D eigenvalue weighted by molar-refractivity contribution is 5.02. The molecule has 2 nitrogen and oxygen atoms in total. The highest BCUT2D eigenvalue weighted by Gasteiger charge is 2.52. The maximum atomic E-state index is 8.65. The summed E-state index contributed by atoms with van der Waals surface area (Å²) < 4.78 is 0. The third-order valence-corrected chi connectivity index (χ3v) is 3.11. The number of fused-ring (bicyclic) bond motifs is 1. The quantitative estimate of drug-likeness (QED) is 0.593. The van der Waals surface area contributed by atoms with Crippen LogP contribution < -0.4 is 0 Å². The molecule has 0 spiro atoms. The fourth-order valence-electron chi connectivity index (χ4n) is 2.23. The number of nitrogens with zero attached hydrogens (tertiary/aromatic N) is 1. The molecule has 1 saturated heterocycles.